The molecule has 0 bridgehead atoms. The van der Waals surface area contributed by atoms with E-state index in [1.165, 1.54) is 54.1 Å². The van der Waals surface area contributed by atoms with Crippen molar-refractivity contribution in [2.45, 2.75) is 63.1 Å². The summed E-state index contributed by atoms with van der Waals surface area (Å²) in [5, 5.41) is 12.0. The van der Waals surface area contributed by atoms with Crippen LogP contribution in [0.1, 0.15) is 50.5 Å². The molecule has 140 valence electrons. The molecule has 0 radical (unpaired) electrons. The number of nitrogens with zero attached hydrogens (tertiary/aromatic N) is 3. The van der Waals surface area contributed by atoms with Crippen molar-refractivity contribution in [1.82, 2.24) is 20.2 Å². The Morgan fingerprint density at radius 2 is 1.81 bits per heavy atom. The van der Waals surface area contributed by atoms with Gasteiger partial charge in [-0.2, -0.15) is 0 Å². The maximum atomic E-state index is 12.3. The van der Waals surface area contributed by atoms with Gasteiger partial charge in [-0.15, -0.1) is 10.2 Å². The minimum absolute atomic E-state index is 0.0421. The number of hydrogen-bond donors (Lipinski definition) is 2. The minimum atomic E-state index is 0.0421. The van der Waals surface area contributed by atoms with Crippen LogP contribution in [0.15, 0.2) is 29.4 Å². The van der Waals surface area contributed by atoms with E-state index in [-0.39, 0.29) is 5.91 Å². The van der Waals surface area contributed by atoms with Crippen LogP contribution in [0.25, 0.3) is 11.4 Å². The summed E-state index contributed by atoms with van der Waals surface area (Å²) in [7, 11) is 0. The number of hydrogen-bond acceptors (Lipinski definition) is 5. The van der Waals surface area contributed by atoms with Crippen molar-refractivity contribution < 1.29 is 4.79 Å². The van der Waals surface area contributed by atoms with Gasteiger partial charge in [0.15, 0.2) is 5.82 Å². The molecular formula is C19H27N5OS. The van der Waals surface area contributed by atoms with Crippen molar-refractivity contribution in [3.8, 4) is 11.4 Å². The Morgan fingerprint density at radius 3 is 2.50 bits per heavy atom. The van der Waals surface area contributed by atoms with E-state index >= 15 is 0 Å². The molecule has 3 N–H and O–H groups in total. The second-order valence-corrected chi connectivity index (χ2v) is 7.88. The van der Waals surface area contributed by atoms with Crippen LogP contribution in [0.3, 0.4) is 0 Å². The lowest BCUT2D eigenvalue weighted by Crippen LogP contribution is -2.36. The summed E-state index contributed by atoms with van der Waals surface area (Å²) in [5.41, 5.74) is 2.09. The van der Waals surface area contributed by atoms with E-state index in [4.69, 9.17) is 5.84 Å². The lowest BCUT2D eigenvalue weighted by Gasteiger charge is -2.20. The lowest BCUT2D eigenvalue weighted by atomic mass is 9.97. The molecule has 1 aromatic heterocycles. The van der Waals surface area contributed by atoms with Crippen LogP contribution in [0.2, 0.25) is 0 Å². The van der Waals surface area contributed by atoms with Crippen molar-refractivity contribution in [2.75, 3.05) is 11.6 Å². The summed E-state index contributed by atoms with van der Waals surface area (Å²) < 4.78 is 1.46. The maximum absolute atomic E-state index is 12.3. The maximum Gasteiger partial charge on any atom is 0.230 e. The molecule has 1 aromatic carbocycles. The van der Waals surface area contributed by atoms with Crippen LogP contribution in [-0.4, -0.2) is 32.6 Å². The van der Waals surface area contributed by atoms with Crippen LogP contribution in [-0.2, 0) is 4.79 Å². The second kappa shape index (κ2) is 9.07. The molecule has 2 aromatic rings. The summed E-state index contributed by atoms with van der Waals surface area (Å²) >= 11 is 1.32. The zero-order valence-electron chi connectivity index (χ0n) is 15.3. The number of benzene rings is 1. The van der Waals surface area contributed by atoms with Gasteiger partial charge >= 0.3 is 0 Å². The van der Waals surface area contributed by atoms with E-state index in [0.717, 1.165) is 18.4 Å². The van der Waals surface area contributed by atoms with Crippen molar-refractivity contribution >= 4 is 17.7 Å². The highest BCUT2D eigenvalue weighted by Crippen LogP contribution is 2.22. The van der Waals surface area contributed by atoms with Crippen molar-refractivity contribution in [3.63, 3.8) is 0 Å². The third-order valence-corrected chi connectivity index (χ3v) is 5.72. The van der Waals surface area contributed by atoms with Crippen LogP contribution in [0.4, 0.5) is 0 Å². The average Bonchev–Trinajstić information content (AvgIpc) is 2.97. The van der Waals surface area contributed by atoms with Gasteiger partial charge < -0.3 is 11.2 Å². The molecule has 7 heteroatoms. The van der Waals surface area contributed by atoms with Gasteiger partial charge in [0.1, 0.15) is 0 Å². The van der Waals surface area contributed by atoms with E-state index in [0.29, 0.717) is 22.8 Å². The highest BCUT2D eigenvalue weighted by molar-refractivity contribution is 7.99. The number of nitrogens with one attached hydrogen (secondary N) is 1. The lowest BCUT2D eigenvalue weighted by molar-refractivity contribution is -0.119. The van der Waals surface area contributed by atoms with Crippen LogP contribution >= 0.6 is 11.8 Å². The first-order chi connectivity index (χ1) is 12.6. The zero-order valence-corrected chi connectivity index (χ0v) is 16.1. The largest absolute Gasteiger partial charge is 0.353 e. The van der Waals surface area contributed by atoms with Gasteiger partial charge in [0, 0.05) is 11.6 Å². The first-order valence-electron chi connectivity index (χ1n) is 9.33. The van der Waals surface area contributed by atoms with Crippen LogP contribution < -0.4 is 11.2 Å². The Hall–Kier alpha value is -2.02. The third-order valence-electron chi connectivity index (χ3n) is 4.78. The first-order valence-corrected chi connectivity index (χ1v) is 10.3. The highest BCUT2D eigenvalue weighted by Gasteiger charge is 2.16. The summed E-state index contributed by atoms with van der Waals surface area (Å²) in [5.74, 6) is 7.07. The number of rotatable bonds is 5. The molecule has 1 aliphatic rings. The monoisotopic (exact) mass is 373 g/mol. The molecule has 1 heterocycles. The summed E-state index contributed by atoms with van der Waals surface area (Å²) in [4.78, 5) is 12.3. The molecule has 26 heavy (non-hydrogen) atoms. The highest BCUT2D eigenvalue weighted by atomic mass is 32.2. The Bertz CT molecular complexity index is 720. The number of aryl methyl sites for hydroxylation is 1. The Balaban J connectivity index is 1.54. The fraction of sp³-hybridized carbons (Fsp3) is 0.526. The van der Waals surface area contributed by atoms with Gasteiger partial charge in [0.05, 0.1) is 5.75 Å². The number of carbonyl (C=O) groups is 1. The van der Waals surface area contributed by atoms with Crippen LogP contribution in [0.5, 0.6) is 0 Å². The number of carbonyl (C=O) groups excluding carboxylic acids is 1. The molecular weight excluding hydrogens is 346 g/mol. The third kappa shape index (κ3) is 5.00. The average molecular weight is 374 g/mol. The second-order valence-electron chi connectivity index (χ2n) is 6.94. The minimum Gasteiger partial charge on any atom is -0.353 e. The fourth-order valence-electron chi connectivity index (χ4n) is 3.27. The van der Waals surface area contributed by atoms with E-state index in [2.05, 4.69) is 15.5 Å². The number of amides is 1. The van der Waals surface area contributed by atoms with E-state index in [9.17, 15) is 4.79 Å². The topological polar surface area (TPSA) is 85.8 Å². The molecule has 0 unspecified atom stereocenters. The normalized spacial score (nSPS) is 16.0. The zero-order chi connectivity index (χ0) is 18.4. The quantitative estimate of drug-likeness (QED) is 0.620. The standard InChI is InChI=1S/C19H27N5OS/c1-14-9-11-15(12-10-14)18-22-23-19(24(18)20)26-13-17(25)21-16-7-5-3-2-4-6-8-16/h9-12,16H,2-8,13,20H2,1H3,(H,21,25). The van der Waals surface area contributed by atoms with E-state index in [1.54, 1.807) is 0 Å². The van der Waals surface area contributed by atoms with Gasteiger partial charge in [-0.3, -0.25) is 4.79 Å². The first kappa shape index (κ1) is 18.8. The SMILES string of the molecule is Cc1ccc(-c2nnc(SCC(=O)NC3CCCCCCC3)n2N)cc1. The summed E-state index contributed by atoms with van der Waals surface area (Å²) in [6, 6.07) is 8.28. The Morgan fingerprint density at radius 1 is 1.15 bits per heavy atom. The smallest absolute Gasteiger partial charge is 0.230 e. The van der Waals surface area contributed by atoms with E-state index < -0.39 is 0 Å². The van der Waals surface area contributed by atoms with E-state index in [1.807, 2.05) is 31.2 Å². The van der Waals surface area contributed by atoms with Gasteiger partial charge in [-0.25, -0.2) is 4.68 Å². The molecule has 0 saturated heterocycles. The fourth-order valence-corrected chi connectivity index (χ4v) is 3.94. The van der Waals surface area contributed by atoms with Gasteiger partial charge in [-0.1, -0.05) is 73.7 Å². The number of thioether (sulfide) groups is 1. The molecule has 1 aliphatic carbocycles. The molecule has 6 nitrogen and oxygen atoms in total. The summed E-state index contributed by atoms with van der Waals surface area (Å²) in [6.45, 7) is 2.03. The van der Waals surface area contributed by atoms with Crippen LogP contribution in [0, 0.1) is 6.92 Å². The molecule has 1 amide bonds. The molecule has 0 atom stereocenters. The van der Waals surface area contributed by atoms with Gasteiger partial charge in [0.25, 0.3) is 0 Å². The van der Waals surface area contributed by atoms with Crippen molar-refractivity contribution in [3.05, 3.63) is 29.8 Å². The number of aromatic nitrogens is 3. The Labute approximate surface area is 158 Å². The molecule has 3 rings (SSSR count). The summed E-state index contributed by atoms with van der Waals surface area (Å²) in [6.07, 6.45) is 8.46. The molecule has 1 saturated carbocycles. The molecule has 0 aliphatic heterocycles. The predicted molar refractivity (Wildman–Crippen MR) is 105 cm³/mol. The molecule has 0 spiro atoms. The van der Waals surface area contributed by atoms with Crippen molar-refractivity contribution in [2.24, 2.45) is 0 Å². The number of nitrogens with two attached hydrogens (primary N) is 1. The van der Waals surface area contributed by atoms with Gasteiger partial charge in [-0.05, 0) is 19.8 Å². The molecule has 1 fully saturated rings. The predicted octanol–water partition coefficient (Wildman–Crippen LogP) is 3.29. The Kier molecular flexibility index (Phi) is 6.55. The number of nitrogen functional groups attached to an aromatic ring is 1. The van der Waals surface area contributed by atoms with Gasteiger partial charge in [0.2, 0.25) is 11.1 Å². The van der Waals surface area contributed by atoms with Crippen molar-refractivity contribution in [1.29, 1.82) is 0 Å².